The van der Waals surface area contributed by atoms with Gasteiger partial charge >= 0.3 is 5.97 Å². The van der Waals surface area contributed by atoms with Gasteiger partial charge in [-0.3, -0.25) is 4.79 Å². The summed E-state index contributed by atoms with van der Waals surface area (Å²) in [5, 5.41) is 12.1. The highest BCUT2D eigenvalue weighted by Gasteiger charge is 2.15. The lowest BCUT2D eigenvalue weighted by Crippen LogP contribution is -2.24. The molecule has 1 aliphatic rings. The average Bonchev–Trinajstić information content (AvgIpc) is 2.45. The molecule has 1 fully saturated rings. The van der Waals surface area contributed by atoms with Crippen molar-refractivity contribution in [2.75, 3.05) is 31.7 Å². The molecule has 104 valence electrons. The molecule has 1 heterocycles. The van der Waals surface area contributed by atoms with Crippen LogP contribution in [-0.4, -0.2) is 37.4 Å². The van der Waals surface area contributed by atoms with Crippen LogP contribution in [0.15, 0.2) is 24.3 Å². The number of benzene rings is 1. The summed E-state index contributed by atoms with van der Waals surface area (Å²) < 4.78 is 10.5. The van der Waals surface area contributed by atoms with Crippen LogP contribution in [0.4, 0.5) is 5.69 Å². The Hall–Kier alpha value is -1.75. The molecule has 0 radical (unpaired) electrons. The molecule has 19 heavy (non-hydrogen) atoms. The Morgan fingerprint density at radius 1 is 1.32 bits per heavy atom. The van der Waals surface area contributed by atoms with Gasteiger partial charge < -0.3 is 19.9 Å². The molecule has 0 aliphatic carbocycles. The second kappa shape index (κ2) is 6.99. The fourth-order valence-electron chi connectivity index (χ4n) is 1.93. The number of carbonyl (C=O) groups is 1. The first kappa shape index (κ1) is 13.7. The summed E-state index contributed by atoms with van der Waals surface area (Å²) >= 11 is 0. The Balaban J connectivity index is 1.65. The van der Waals surface area contributed by atoms with E-state index in [4.69, 9.17) is 14.6 Å². The van der Waals surface area contributed by atoms with Crippen molar-refractivity contribution in [3.05, 3.63) is 24.3 Å². The van der Waals surface area contributed by atoms with E-state index in [2.05, 4.69) is 5.32 Å². The second-order valence-electron chi connectivity index (χ2n) is 4.64. The molecule has 5 nitrogen and oxygen atoms in total. The van der Waals surface area contributed by atoms with Crippen LogP contribution < -0.4 is 5.32 Å². The van der Waals surface area contributed by atoms with Crippen LogP contribution in [0.25, 0.3) is 0 Å². The zero-order valence-electron chi connectivity index (χ0n) is 10.8. The first-order valence-corrected chi connectivity index (χ1v) is 6.50. The van der Waals surface area contributed by atoms with Crippen molar-refractivity contribution in [3.63, 3.8) is 0 Å². The molecule has 1 aromatic rings. The summed E-state index contributed by atoms with van der Waals surface area (Å²) in [5.74, 6) is 0.360. The first-order valence-electron chi connectivity index (χ1n) is 6.50. The topological polar surface area (TPSA) is 67.8 Å². The predicted octanol–water partition coefficient (Wildman–Crippen LogP) is 1.77. The van der Waals surface area contributed by atoms with Crippen molar-refractivity contribution >= 4 is 11.7 Å². The van der Waals surface area contributed by atoms with Gasteiger partial charge in [-0.15, -0.1) is 0 Å². The molecule has 5 heteroatoms. The molecule has 0 spiro atoms. The lowest BCUT2D eigenvalue weighted by Gasteiger charge is -2.21. The highest BCUT2D eigenvalue weighted by molar-refractivity contribution is 5.75. The molecule has 0 atom stereocenters. The number of phenols is 1. The standard InChI is InChI=1S/C14H19NO4/c16-13-3-1-12(2-4-13)15-9-14(17)19-10-11-5-7-18-8-6-11/h1-4,11,15-16H,5-10H2. The highest BCUT2D eigenvalue weighted by atomic mass is 16.5. The number of anilines is 1. The summed E-state index contributed by atoms with van der Waals surface area (Å²) in [6.45, 7) is 2.12. The van der Waals surface area contributed by atoms with Crippen molar-refractivity contribution in [1.29, 1.82) is 0 Å². The van der Waals surface area contributed by atoms with E-state index < -0.39 is 0 Å². The Labute approximate surface area is 112 Å². The normalized spacial score (nSPS) is 16.0. The molecule has 0 saturated carbocycles. The van der Waals surface area contributed by atoms with Crippen molar-refractivity contribution in [1.82, 2.24) is 0 Å². The lowest BCUT2D eigenvalue weighted by atomic mass is 10.0. The number of nitrogens with one attached hydrogen (secondary N) is 1. The van der Waals surface area contributed by atoms with Crippen LogP contribution in [-0.2, 0) is 14.3 Å². The average molecular weight is 265 g/mol. The Bertz CT molecular complexity index is 398. The summed E-state index contributed by atoms with van der Waals surface area (Å²) in [5.41, 5.74) is 0.779. The van der Waals surface area contributed by atoms with Crippen LogP contribution in [0.2, 0.25) is 0 Å². The first-order chi connectivity index (χ1) is 9.24. The zero-order chi connectivity index (χ0) is 13.5. The van der Waals surface area contributed by atoms with E-state index >= 15 is 0 Å². The van der Waals surface area contributed by atoms with Gasteiger partial charge in [0.25, 0.3) is 0 Å². The van der Waals surface area contributed by atoms with E-state index in [0.717, 1.165) is 31.7 Å². The van der Waals surface area contributed by atoms with Crippen molar-refractivity contribution < 1.29 is 19.4 Å². The largest absolute Gasteiger partial charge is 0.508 e. The molecular formula is C14H19NO4. The van der Waals surface area contributed by atoms with Gasteiger partial charge in [0.15, 0.2) is 0 Å². The van der Waals surface area contributed by atoms with Crippen LogP contribution >= 0.6 is 0 Å². The van der Waals surface area contributed by atoms with Crippen LogP contribution in [0.1, 0.15) is 12.8 Å². The minimum atomic E-state index is -0.264. The number of hydrogen-bond acceptors (Lipinski definition) is 5. The third kappa shape index (κ3) is 4.79. The van der Waals surface area contributed by atoms with Crippen LogP contribution in [0, 0.1) is 5.92 Å². The number of esters is 1. The van der Waals surface area contributed by atoms with E-state index in [0.29, 0.717) is 12.5 Å². The van der Waals surface area contributed by atoms with Gasteiger partial charge in [-0.05, 0) is 43.0 Å². The van der Waals surface area contributed by atoms with E-state index in [1.54, 1.807) is 24.3 Å². The van der Waals surface area contributed by atoms with Gasteiger partial charge in [0, 0.05) is 18.9 Å². The number of ether oxygens (including phenoxy) is 2. The van der Waals surface area contributed by atoms with Crippen LogP contribution in [0.3, 0.4) is 0 Å². The predicted molar refractivity (Wildman–Crippen MR) is 71.1 cm³/mol. The SMILES string of the molecule is O=C(CNc1ccc(O)cc1)OCC1CCOCC1. The maximum absolute atomic E-state index is 11.6. The quantitative estimate of drug-likeness (QED) is 0.627. The summed E-state index contributed by atoms with van der Waals surface area (Å²) in [6.07, 6.45) is 1.91. The molecule has 1 aromatic carbocycles. The summed E-state index contributed by atoms with van der Waals surface area (Å²) in [4.78, 5) is 11.6. The second-order valence-corrected chi connectivity index (χ2v) is 4.64. The summed E-state index contributed by atoms with van der Waals surface area (Å²) in [6, 6.07) is 6.55. The number of phenolic OH excluding ortho intramolecular Hbond substituents is 1. The summed E-state index contributed by atoms with van der Waals surface area (Å²) in [7, 11) is 0. The maximum atomic E-state index is 11.6. The van der Waals surface area contributed by atoms with Gasteiger partial charge in [-0.1, -0.05) is 0 Å². The van der Waals surface area contributed by atoms with Gasteiger partial charge in [0.1, 0.15) is 12.3 Å². The minimum Gasteiger partial charge on any atom is -0.508 e. The zero-order valence-corrected chi connectivity index (χ0v) is 10.8. The van der Waals surface area contributed by atoms with Gasteiger partial charge in [0.2, 0.25) is 0 Å². The molecule has 0 unspecified atom stereocenters. The molecule has 1 aliphatic heterocycles. The van der Waals surface area contributed by atoms with E-state index in [1.807, 2.05) is 0 Å². The van der Waals surface area contributed by atoms with E-state index in [1.165, 1.54) is 0 Å². The molecule has 1 saturated heterocycles. The van der Waals surface area contributed by atoms with Crippen molar-refractivity contribution in [3.8, 4) is 5.75 Å². The van der Waals surface area contributed by atoms with E-state index in [9.17, 15) is 4.79 Å². The number of rotatable bonds is 5. The Morgan fingerprint density at radius 3 is 2.68 bits per heavy atom. The number of aromatic hydroxyl groups is 1. The third-order valence-electron chi connectivity index (χ3n) is 3.13. The third-order valence-corrected chi connectivity index (χ3v) is 3.13. The molecule has 0 amide bonds. The van der Waals surface area contributed by atoms with Crippen LogP contribution in [0.5, 0.6) is 5.75 Å². The minimum absolute atomic E-state index is 0.133. The Kier molecular flexibility index (Phi) is 5.03. The highest BCUT2D eigenvalue weighted by Crippen LogP contribution is 2.15. The number of carbonyl (C=O) groups excluding carboxylic acids is 1. The maximum Gasteiger partial charge on any atom is 0.325 e. The molecular weight excluding hydrogens is 246 g/mol. The fourth-order valence-corrected chi connectivity index (χ4v) is 1.93. The fraction of sp³-hybridized carbons (Fsp3) is 0.500. The Morgan fingerprint density at radius 2 is 2.00 bits per heavy atom. The van der Waals surface area contributed by atoms with Crippen molar-refractivity contribution in [2.24, 2.45) is 5.92 Å². The lowest BCUT2D eigenvalue weighted by molar-refractivity contribution is -0.143. The van der Waals surface area contributed by atoms with Gasteiger partial charge in [-0.2, -0.15) is 0 Å². The smallest absolute Gasteiger partial charge is 0.325 e. The number of hydrogen-bond donors (Lipinski definition) is 2. The molecule has 0 aromatic heterocycles. The van der Waals surface area contributed by atoms with Gasteiger partial charge in [-0.25, -0.2) is 0 Å². The molecule has 0 bridgehead atoms. The monoisotopic (exact) mass is 265 g/mol. The van der Waals surface area contributed by atoms with Gasteiger partial charge in [0.05, 0.1) is 6.61 Å². The molecule has 2 rings (SSSR count). The van der Waals surface area contributed by atoms with E-state index in [-0.39, 0.29) is 18.3 Å². The molecule has 2 N–H and O–H groups in total. The van der Waals surface area contributed by atoms with Crippen molar-refractivity contribution in [2.45, 2.75) is 12.8 Å².